The molecule has 0 spiro atoms. The fraction of sp³-hybridized carbons (Fsp3) is 0.364. The average Bonchev–Trinajstić information content (AvgIpc) is 2.28. The molecule has 0 radical (unpaired) electrons. The van der Waals surface area contributed by atoms with Gasteiger partial charge in [0, 0.05) is 0 Å². The number of nitrogens with zero attached hydrogens (tertiary/aromatic N) is 2. The van der Waals surface area contributed by atoms with Crippen LogP contribution in [0, 0.1) is 24.8 Å². The molecule has 15 heavy (non-hydrogen) atoms. The highest BCUT2D eigenvalue weighted by Crippen LogP contribution is 2.20. The van der Waals surface area contributed by atoms with E-state index in [-0.39, 0.29) is 0 Å². The first kappa shape index (κ1) is 13.3. The second-order valence-corrected chi connectivity index (χ2v) is 2.86. The summed E-state index contributed by atoms with van der Waals surface area (Å²) >= 11 is 0. The van der Waals surface area contributed by atoms with Gasteiger partial charge in [-0.3, -0.25) is 5.41 Å². The van der Waals surface area contributed by atoms with E-state index in [1.807, 2.05) is 45.9 Å². The SMILES string of the molecule is CC.Cc1ccc(C)c(N(C=N)N=N)c1. The Morgan fingerprint density at radius 1 is 1.27 bits per heavy atom. The fourth-order valence-electron chi connectivity index (χ4n) is 1.12. The largest absolute Gasteiger partial charge is 0.289 e. The van der Waals surface area contributed by atoms with Crippen molar-refractivity contribution in [3.05, 3.63) is 29.3 Å². The third kappa shape index (κ3) is 3.50. The van der Waals surface area contributed by atoms with Crippen molar-refractivity contribution in [1.29, 1.82) is 10.9 Å². The molecule has 82 valence electrons. The Morgan fingerprint density at radius 2 is 1.87 bits per heavy atom. The third-order valence-corrected chi connectivity index (χ3v) is 1.84. The van der Waals surface area contributed by atoms with E-state index in [0.29, 0.717) is 0 Å². The first-order chi connectivity index (χ1) is 7.19. The van der Waals surface area contributed by atoms with Gasteiger partial charge in [-0.2, -0.15) is 5.53 Å². The molecule has 0 atom stereocenters. The van der Waals surface area contributed by atoms with Crippen LogP contribution in [-0.2, 0) is 0 Å². The van der Waals surface area contributed by atoms with Crippen LogP contribution in [0.4, 0.5) is 5.69 Å². The minimum absolute atomic E-state index is 0.782. The minimum Gasteiger partial charge on any atom is -0.289 e. The topological polar surface area (TPSA) is 63.3 Å². The first-order valence-electron chi connectivity index (χ1n) is 4.93. The zero-order valence-corrected chi connectivity index (χ0v) is 9.70. The van der Waals surface area contributed by atoms with E-state index < -0.39 is 0 Å². The van der Waals surface area contributed by atoms with Crippen LogP contribution < -0.4 is 5.01 Å². The Balaban J connectivity index is 0.000000921. The summed E-state index contributed by atoms with van der Waals surface area (Å²) in [6, 6.07) is 5.84. The average molecular weight is 206 g/mol. The molecule has 4 nitrogen and oxygen atoms in total. The second kappa shape index (κ2) is 6.70. The molecule has 0 unspecified atom stereocenters. The number of hydrogen-bond donors (Lipinski definition) is 2. The van der Waals surface area contributed by atoms with E-state index in [0.717, 1.165) is 23.2 Å². The van der Waals surface area contributed by atoms with Crippen LogP contribution in [0.2, 0.25) is 0 Å². The van der Waals surface area contributed by atoms with E-state index in [1.165, 1.54) is 5.01 Å². The van der Waals surface area contributed by atoms with Crippen LogP contribution in [0.1, 0.15) is 25.0 Å². The maximum atomic E-state index is 7.05. The van der Waals surface area contributed by atoms with Crippen molar-refractivity contribution < 1.29 is 0 Å². The predicted molar refractivity (Wildman–Crippen MR) is 63.7 cm³/mol. The highest BCUT2D eigenvalue weighted by molar-refractivity contribution is 5.77. The fourth-order valence-corrected chi connectivity index (χ4v) is 1.12. The number of nitrogens with one attached hydrogen (secondary N) is 2. The number of aryl methyl sites for hydroxylation is 2. The monoisotopic (exact) mass is 206 g/mol. The van der Waals surface area contributed by atoms with Crippen molar-refractivity contribution in [3.8, 4) is 0 Å². The lowest BCUT2D eigenvalue weighted by atomic mass is 10.1. The summed E-state index contributed by atoms with van der Waals surface area (Å²) in [5.41, 5.74) is 9.74. The van der Waals surface area contributed by atoms with Gasteiger partial charge in [-0.15, -0.1) is 0 Å². The van der Waals surface area contributed by atoms with Gasteiger partial charge in [0.15, 0.2) is 0 Å². The van der Waals surface area contributed by atoms with E-state index in [2.05, 4.69) is 5.22 Å². The molecular formula is C11H18N4. The Morgan fingerprint density at radius 3 is 2.33 bits per heavy atom. The molecule has 0 fully saturated rings. The number of hydrogen-bond acceptors (Lipinski definition) is 3. The van der Waals surface area contributed by atoms with Crippen LogP contribution in [0.25, 0.3) is 0 Å². The molecule has 0 saturated carbocycles. The second-order valence-electron chi connectivity index (χ2n) is 2.86. The minimum atomic E-state index is 0.782. The molecule has 0 aliphatic carbocycles. The Bertz CT molecular complexity index is 325. The van der Waals surface area contributed by atoms with Gasteiger partial charge in [-0.1, -0.05) is 31.2 Å². The van der Waals surface area contributed by atoms with E-state index in [1.54, 1.807) is 0 Å². The molecule has 0 aliphatic heterocycles. The molecule has 0 aliphatic rings. The van der Waals surface area contributed by atoms with Crippen LogP contribution in [0.3, 0.4) is 0 Å². The molecular weight excluding hydrogens is 188 g/mol. The van der Waals surface area contributed by atoms with E-state index in [4.69, 9.17) is 10.9 Å². The van der Waals surface area contributed by atoms with Crippen molar-refractivity contribution in [2.45, 2.75) is 27.7 Å². The van der Waals surface area contributed by atoms with Crippen molar-refractivity contribution in [2.75, 3.05) is 5.01 Å². The summed E-state index contributed by atoms with van der Waals surface area (Å²) in [5.74, 6) is 0. The van der Waals surface area contributed by atoms with E-state index >= 15 is 0 Å². The maximum Gasteiger partial charge on any atom is 0.110 e. The smallest absolute Gasteiger partial charge is 0.110 e. The highest BCUT2D eigenvalue weighted by atomic mass is 15.5. The quantitative estimate of drug-likeness (QED) is 0.337. The molecule has 2 N–H and O–H groups in total. The number of benzene rings is 1. The summed E-state index contributed by atoms with van der Waals surface area (Å²) in [6.45, 7) is 7.89. The van der Waals surface area contributed by atoms with E-state index in [9.17, 15) is 0 Å². The summed E-state index contributed by atoms with van der Waals surface area (Å²) in [5, 5.41) is 11.5. The van der Waals surface area contributed by atoms with Crippen LogP contribution >= 0.6 is 0 Å². The normalized spacial score (nSPS) is 8.53. The summed E-state index contributed by atoms with van der Waals surface area (Å²) in [7, 11) is 0. The predicted octanol–water partition coefficient (Wildman–Crippen LogP) is 3.69. The van der Waals surface area contributed by atoms with Gasteiger partial charge in [0.05, 0.1) is 5.69 Å². The van der Waals surface area contributed by atoms with Gasteiger partial charge in [-0.05, 0) is 31.0 Å². The summed E-state index contributed by atoms with van der Waals surface area (Å²) < 4.78 is 0. The molecule has 0 amide bonds. The molecule has 0 bridgehead atoms. The van der Waals surface area contributed by atoms with Gasteiger partial charge < -0.3 is 0 Å². The maximum absolute atomic E-state index is 7.05. The zero-order chi connectivity index (χ0) is 11.8. The van der Waals surface area contributed by atoms with Gasteiger partial charge >= 0.3 is 0 Å². The van der Waals surface area contributed by atoms with Crippen molar-refractivity contribution in [2.24, 2.45) is 5.22 Å². The number of rotatable bonds is 3. The van der Waals surface area contributed by atoms with Crippen molar-refractivity contribution >= 4 is 12.0 Å². The molecule has 4 heteroatoms. The summed E-state index contributed by atoms with van der Waals surface area (Å²) in [4.78, 5) is 0. The van der Waals surface area contributed by atoms with Gasteiger partial charge in [0.25, 0.3) is 0 Å². The lowest BCUT2D eigenvalue weighted by molar-refractivity contribution is 0.947. The summed E-state index contributed by atoms with van der Waals surface area (Å²) in [6.07, 6.45) is 1.02. The third-order valence-electron chi connectivity index (χ3n) is 1.84. The number of anilines is 1. The lowest BCUT2D eigenvalue weighted by Crippen LogP contribution is -2.12. The van der Waals surface area contributed by atoms with Crippen molar-refractivity contribution in [1.82, 2.24) is 0 Å². The van der Waals surface area contributed by atoms with Crippen molar-refractivity contribution in [3.63, 3.8) is 0 Å². The Kier molecular flexibility index (Phi) is 5.94. The molecule has 1 aromatic carbocycles. The first-order valence-corrected chi connectivity index (χ1v) is 4.93. The van der Waals surface area contributed by atoms with Crippen LogP contribution in [0.15, 0.2) is 23.4 Å². The van der Waals surface area contributed by atoms with Crippen LogP contribution in [-0.4, -0.2) is 6.34 Å². The van der Waals surface area contributed by atoms with Crippen LogP contribution in [0.5, 0.6) is 0 Å². The zero-order valence-electron chi connectivity index (χ0n) is 9.70. The molecule has 0 heterocycles. The lowest BCUT2D eigenvalue weighted by Gasteiger charge is -2.13. The van der Waals surface area contributed by atoms with Gasteiger partial charge in [-0.25, -0.2) is 5.01 Å². The molecule has 1 aromatic rings. The highest BCUT2D eigenvalue weighted by Gasteiger charge is 2.04. The molecule has 0 aromatic heterocycles. The molecule has 0 saturated heterocycles. The standard InChI is InChI=1S/C9H12N4.C2H6/c1-7-3-4-8(2)9(5-7)13(6-10)12-11;1-2/h3-6,10-11H,1-2H3;1-2H3. The Labute approximate surface area is 90.9 Å². The van der Waals surface area contributed by atoms with Gasteiger partial charge in [0.2, 0.25) is 0 Å². The van der Waals surface area contributed by atoms with Gasteiger partial charge in [0.1, 0.15) is 6.34 Å². The molecule has 1 rings (SSSR count). The Hall–Kier alpha value is -1.71.